The van der Waals surface area contributed by atoms with E-state index >= 15 is 0 Å². The number of nitrogens with zero attached hydrogens (tertiary/aromatic N) is 2. The monoisotopic (exact) mass is 223 g/mol. The zero-order valence-electron chi connectivity index (χ0n) is 9.89. The predicted molar refractivity (Wildman–Crippen MR) is 64.8 cm³/mol. The Morgan fingerprint density at radius 2 is 2.25 bits per heavy atom. The lowest BCUT2D eigenvalue weighted by molar-refractivity contribution is 0.190. The van der Waals surface area contributed by atoms with Gasteiger partial charge in [0.1, 0.15) is 0 Å². The molecule has 0 atom stereocenters. The average Bonchev–Trinajstić information content (AvgIpc) is 2.30. The average molecular weight is 223 g/mol. The lowest BCUT2D eigenvalue weighted by atomic mass is 10.1. The first-order valence-electron chi connectivity index (χ1n) is 5.77. The molecule has 0 radical (unpaired) electrons. The molecule has 0 aliphatic rings. The summed E-state index contributed by atoms with van der Waals surface area (Å²) >= 11 is 0. The van der Waals surface area contributed by atoms with Gasteiger partial charge in [0, 0.05) is 25.8 Å². The number of aliphatic hydroxyl groups is 1. The van der Waals surface area contributed by atoms with Crippen LogP contribution in [0.5, 0.6) is 0 Å². The van der Waals surface area contributed by atoms with Crippen molar-refractivity contribution >= 4 is 0 Å². The van der Waals surface area contributed by atoms with Gasteiger partial charge in [-0.3, -0.25) is 9.88 Å². The Morgan fingerprint density at radius 1 is 1.44 bits per heavy atom. The number of hydrogen-bond acceptors (Lipinski definition) is 4. The molecular formula is C12H21N3O. The number of hydrogen-bond donors (Lipinski definition) is 2. The van der Waals surface area contributed by atoms with Crippen molar-refractivity contribution in [1.29, 1.82) is 0 Å². The Labute approximate surface area is 97.1 Å². The van der Waals surface area contributed by atoms with Crippen LogP contribution in [-0.4, -0.2) is 34.7 Å². The normalized spacial score (nSPS) is 11.0. The molecule has 1 aromatic rings. The molecule has 1 rings (SSSR count). The van der Waals surface area contributed by atoms with Crippen LogP contribution in [0.2, 0.25) is 0 Å². The molecule has 0 aliphatic heterocycles. The van der Waals surface area contributed by atoms with Crippen molar-refractivity contribution in [2.24, 2.45) is 5.73 Å². The molecule has 0 saturated carbocycles. The molecule has 4 nitrogen and oxygen atoms in total. The Hall–Kier alpha value is -0.970. The number of aromatic nitrogens is 1. The van der Waals surface area contributed by atoms with E-state index < -0.39 is 0 Å². The molecule has 0 unspecified atom stereocenters. The van der Waals surface area contributed by atoms with Gasteiger partial charge in [-0.25, -0.2) is 0 Å². The van der Waals surface area contributed by atoms with Crippen molar-refractivity contribution in [3.8, 4) is 0 Å². The lowest BCUT2D eigenvalue weighted by Crippen LogP contribution is -2.28. The van der Waals surface area contributed by atoms with Gasteiger partial charge in [0.25, 0.3) is 0 Å². The highest BCUT2D eigenvalue weighted by molar-refractivity contribution is 5.19. The van der Waals surface area contributed by atoms with Gasteiger partial charge in [-0.15, -0.1) is 0 Å². The van der Waals surface area contributed by atoms with Gasteiger partial charge in [-0.1, -0.05) is 13.0 Å². The summed E-state index contributed by atoms with van der Waals surface area (Å²) in [6.07, 6.45) is 2.85. The summed E-state index contributed by atoms with van der Waals surface area (Å²) < 4.78 is 0. The molecule has 16 heavy (non-hydrogen) atoms. The first-order chi connectivity index (χ1) is 7.81. The second-order valence-electron chi connectivity index (χ2n) is 3.81. The van der Waals surface area contributed by atoms with Crippen LogP contribution in [0.4, 0.5) is 0 Å². The van der Waals surface area contributed by atoms with Crippen LogP contribution in [0.3, 0.4) is 0 Å². The van der Waals surface area contributed by atoms with E-state index in [0.29, 0.717) is 13.1 Å². The fraction of sp³-hybridized carbons (Fsp3) is 0.583. The standard InChI is InChI=1S/C12H21N3O/c1-2-6-15(7-8-16)10-11-4-3-5-14-12(11)9-13/h3-5,16H,2,6-10,13H2,1H3. The van der Waals surface area contributed by atoms with E-state index in [9.17, 15) is 0 Å². The Balaban J connectivity index is 2.67. The third-order valence-electron chi connectivity index (χ3n) is 2.53. The van der Waals surface area contributed by atoms with Gasteiger partial charge >= 0.3 is 0 Å². The highest BCUT2D eigenvalue weighted by Gasteiger charge is 2.07. The summed E-state index contributed by atoms with van der Waals surface area (Å²) in [6, 6.07) is 3.98. The number of nitrogens with two attached hydrogens (primary N) is 1. The van der Waals surface area contributed by atoms with E-state index in [1.54, 1.807) is 6.20 Å². The van der Waals surface area contributed by atoms with Gasteiger partial charge in [-0.2, -0.15) is 0 Å². The maximum atomic E-state index is 8.99. The lowest BCUT2D eigenvalue weighted by Gasteiger charge is -2.21. The quantitative estimate of drug-likeness (QED) is 0.716. The van der Waals surface area contributed by atoms with E-state index in [1.165, 1.54) is 0 Å². The fourth-order valence-corrected chi connectivity index (χ4v) is 1.77. The van der Waals surface area contributed by atoms with Crippen LogP contribution >= 0.6 is 0 Å². The third-order valence-corrected chi connectivity index (χ3v) is 2.53. The maximum absolute atomic E-state index is 8.99. The second kappa shape index (κ2) is 7.33. The second-order valence-corrected chi connectivity index (χ2v) is 3.81. The summed E-state index contributed by atoms with van der Waals surface area (Å²) in [7, 11) is 0. The van der Waals surface area contributed by atoms with E-state index in [2.05, 4.69) is 22.9 Å². The molecule has 0 saturated heterocycles. The van der Waals surface area contributed by atoms with Crippen LogP contribution in [0.15, 0.2) is 18.3 Å². The van der Waals surface area contributed by atoms with Gasteiger partial charge in [0.05, 0.1) is 12.3 Å². The van der Waals surface area contributed by atoms with Crippen LogP contribution in [0.1, 0.15) is 24.6 Å². The zero-order chi connectivity index (χ0) is 11.8. The Kier molecular flexibility index (Phi) is 6.00. The van der Waals surface area contributed by atoms with E-state index in [-0.39, 0.29) is 6.61 Å². The molecule has 90 valence electrons. The third kappa shape index (κ3) is 3.89. The first kappa shape index (κ1) is 13.1. The van der Waals surface area contributed by atoms with Crippen molar-refractivity contribution in [2.45, 2.75) is 26.4 Å². The van der Waals surface area contributed by atoms with E-state index in [0.717, 1.165) is 30.8 Å². The van der Waals surface area contributed by atoms with Crippen LogP contribution < -0.4 is 5.73 Å². The van der Waals surface area contributed by atoms with Gasteiger partial charge in [0.2, 0.25) is 0 Å². The number of rotatable bonds is 7. The minimum absolute atomic E-state index is 0.193. The largest absolute Gasteiger partial charge is 0.395 e. The molecule has 0 amide bonds. The first-order valence-corrected chi connectivity index (χ1v) is 5.77. The Morgan fingerprint density at radius 3 is 2.88 bits per heavy atom. The molecule has 0 spiro atoms. The van der Waals surface area contributed by atoms with Crippen molar-refractivity contribution < 1.29 is 5.11 Å². The molecule has 3 N–H and O–H groups in total. The smallest absolute Gasteiger partial charge is 0.0584 e. The zero-order valence-corrected chi connectivity index (χ0v) is 9.89. The van der Waals surface area contributed by atoms with Gasteiger partial charge in [-0.05, 0) is 24.6 Å². The molecule has 1 aromatic heterocycles. The molecule has 1 heterocycles. The highest BCUT2D eigenvalue weighted by Crippen LogP contribution is 2.08. The molecular weight excluding hydrogens is 202 g/mol. The van der Waals surface area contributed by atoms with Crippen molar-refractivity contribution in [2.75, 3.05) is 19.7 Å². The van der Waals surface area contributed by atoms with Crippen molar-refractivity contribution in [1.82, 2.24) is 9.88 Å². The minimum Gasteiger partial charge on any atom is -0.395 e. The summed E-state index contributed by atoms with van der Waals surface area (Å²) in [5.41, 5.74) is 7.75. The summed E-state index contributed by atoms with van der Waals surface area (Å²) in [4.78, 5) is 6.47. The van der Waals surface area contributed by atoms with Gasteiger partial charge < -0.3 is 10.8 Å². The minimum atomic E-state index is 0.193. The summed E-state index contributed by atoms with van der Waals surface area (Å²) in [5, 5.41) is 8.99. The van der Waals surface area contributed by atoms with Crippen molar-refractivity contribution in [3.63, 3.8) is 0 Å². The van der Waals surface area contributed by atoms with E-state index in [1.807, 2.05) is 6.07 Å². The maximum Gasteiger partial charge on any atom is 0.0584 e. The van der Waals surface area contributed by atoms with Crippen LogP contribution in [-0.2, 0) is 13.1 Å². The van der Waals surface area contributed by atoms with Gasteiger partial charge in [0.15, 0.2) is 0 Å². The topological polar surface area (TPSA) is 62.4 Å². The van der Waals surface area contributed by atoms with Crippen molar-refractivity contribution in [3.05, 3.63) is 29.6 Å². The molecule has 0 aliphatic carbocycles. The van der Waals surface area contributed by atoms with Crippen LogP contribution in [0.25, 0.3) is 0 Å². The molecule has 0 bridgehead atoms. The SMILES string of the molecule is CCCN(CCO)Cc1cccnc1CN. The number of pyridine rings is 1. The highest BCUT2D eigenvalue weighted by atomic mass is 16.3. The summed E-state index contributed by atoms with van der Waals surface area (Å²) in [5.74, 6) is 0. The number of aliphatic hydroxyl groups excluding tert-OH is 1. The fourth-order valence-electron chi connectivity index (χ4n) is 1.77. The summed E-state index contributed by atoms with van der Waals surface area (Å²) in [6.45, 7) is 5.30. The van der Waals surface area contributed by atoms with Crippen LogP contribution in [0, 0.1) is 0 Å². The Bertz CT molecular complexity index is 298. The molecule has 4 heteroatoms. The predicted octanol–water partition coefficient (Wildman–Crippen LogP) is 0.745. The molecule has 0 fully saturated rings. The van der Waals surface area contributed by atoms with E-state index in [4.69, 9.17) is 10.8 Å². The molecule has 0 aromatic carbocycles.